The monoisotopic (exact) mass is 793 g/mol. The van der Waals surface area contributed by atoms with Gasteiger partial charge in [-0.2, -0.15) is 0 Å². The molecule has 320 valence electrons. The summed E-state index contributed by atoms with van der Waals surface area (Å²) in [6, 6.07) is 0. The van der Waals surface area contributed by atoms with Crippen LogP contribution in [0.15, 0.2) is 0 Å². The Kier molecular flexibility index (Phi) is 37.3. The van der Waals surface area contributed by atoms with Gasteiger partial charge in [0.2, 0.25) is 0 Å². The minimum atomic E-state index is -4.71. The van der Waals surface area contributed by atoms with Crippen LogP contribution in [0.2, 0.25) is 0 Å². The van der Waals surface area contributed by atoms with Crippen molar-refractivity contribution in [2.45, 2.75) is 226 Å². The topological polar surface area (TPSA) is 155 Å². The van der Waals surface area contributed by atoms with Gasteiger partial charge in [0, 0.05) is 19.3 Å². The molecule has 0 radical (unpaired) electrons. The van der Waals surface area contributed by atoms with Crippen LogP contribution in [0.4, 0.5) is 0 Å². The molecule has 0 spiro atoms. The van der Waals surface area contributed by atoms with E-state index in [9.17, 15) is 28.9 Å². The van der Waals surface area contributed by atoms with E-state index in [1.807, 2.05) is 0 Å². The summed E-state index contributed by atoms with van der Waals surface area (Å²) in [5, 5.41) is 9.67. The molecule has 0 aliphatic heterocycles. The first-order chi connectivity index (χ1) is 26.2. The number of aliphatic hydroxyl groups excluding tert-OH is 1. The summed E-state index contributed by atoms with van der Waals surface area (Å²) in [6.07, 6.45) is 28.2. The lowest BCUT2D eigenvalue weighted by Gasteiger charge is -2.21. The van der Waals surface area contributed by atoms with Crippen LogP contribution in [-0.2, 0) is 42.2 Å². The third-order valence-electron chi connectivity index (χ3n) is 9.53. The Morgan fingerprint density at radius 3 is 1.09 bits per heavy atom. The molecule has 0 fully saturated rings. The van der Waals surface area contributed by atoms with Gasteiger partial charge in [0.05, 0.1) is 19.8 Å². The van der Waals surface area contributed by atoms with E-state index in [-0.39, 0.29) is 25.9 Å². The van der Waals surface area contributed by atoms with E-state index in [0.717, 1.165) is 57.8 Å². The normalized spacial score (nSPS) is 13.6. The molecular weight excluding hydrogens is 711 g/mol. The number of ether oxygens (including phenoxy) is 3. The molecule has 0 amide bonds. The Morgan fingerprint density at radius 1 is 0.444 bits per heavy atom. The fourth-order valence-corrected chi connectivity index (χ4v) is 6.90. The van der Waals surface area contributed by atoms with Crippen molar-refractivity contribution in [2.24, 2.45) is 0 Å². The number of rotatable bonds is 41. The molecule has 3 atom stereocenters. The van der Waals surface area contributed by atoms with Crippen molar-refractivity contribution < 1.29 is 52.2 Å². The highest BCUT2D eigenvalue weighted by atomic mass is 31.2. The molecule has 0 aromatic heterocycles. The zero-order valence-electron chi connectivity index (χ0n) is 34.7. The zero-order chi connectivity index (χ0) is 40.0. The van der Waals surface area contributed by atoms with Gasteiger partial charge in [-0.1, -0.05) is 175 Å². The number of phosphoric ester groups is 1. The second-order valence-electron chi connectivity index (χ2n) is 14.9. The molecule has 11 nitrogen and oxygen atoms in total. The van der Waals surface area contributed by atoms with E-state index < -0.39 is 57.8 Å². The van der Waals surface area contributed by atoms with Gasteiger partial charge in [-0.25, -0.2) is 4.57 Å². The fraction of sp³-hybridized carbons (Fsp3) is 0.929. The predicted octanol–water partition coefficient (Wildman–Crippen LogP) is 11.2. The van der Waals surface area contributed by atoms with Crippen LogP contribution in [0.3, 0.4) is 0 Å². The quantitative estimate of drug-likeness (QED) is 0.0263. The summed E-state index contributed by atoms with van der Waals surface area (Å²) in [5.74, 6) is -1.46. The van der Waals surface area contributed by atoms with Crippen LogP contribution in [0.25, 0.3) is 0 Å². The van der Waals surface area contributed by atoms with Gasteiger partial charge in [0.25, 0.3) is 0 Å². The van der Waals surface area contributed by atoms with Gasteiger partial charge in [-0.15, -0.1) is 0 Å². The molecule has 2 N–H and O–H groups in total. The summed E-state index contributed by atoms with van der Waals surface area (Å²) in [7, 11) is -4.71. The third-order valence-corrected chi connectivity index (χ3v) is 10.5. The summed E-state index contributed by atoms with van der Waals surface area (Å²) in [4.78, 5) is 47.7. The molecule has 0 rings (SSSR count). The SMILES string of the molecule is CCCCCCCCCCCC(=O)OCC(COP(=O)(O)OCC(CO)OC(=O)CCCCCCCCCCC)OC(=O)CCCCCCCCCCC. The largest absolute Gasteiger partial charge is 0.472 e. The zero-order valence-corrected chi connectivity index (χ0v) is 35.6. The number of unbranched alkanes of at least 4 members (excludes halogenated alkanes) is 24. The maximum absolute atomic E-state index is 12.7. The highest BCUT2D eigenvalue weighted by Gasteiger charge is 2.28. The molecular formula is C42H81O11P. The highest BCUT2D eigenvalue weighted by Crippen LogP contribution is 2.43. The van der Waals surface area contributed by atoms with Crippen molar-refractivity contribution in [2.75, 3.05) is 26.4 Å². The average molecular weight is 793 g/mol. The number of hydrogen-bond donors (Lipinski definition) is 2. The van der Waals surface area contributed by atoms with Gasteiger partial charge in [0.15, 0.2) is 6.10 Å². The van der Waals surface area contributed by atoms with Crippen molar-refractivity contribution in [3.63, 3.8) is 0 Å². The van der Waals surface area contributed by atoms with Crippen molar-refractivity contribution in [1.29, 1.82) is 0 Å². The van der Waals surface area contributed by atoms with E-state index in [4.69, 9.17) is 23.3 Å². The lowest BCUT2D eigenvalue weighted by molar-refractivity contribution is -0.161. The van der Waals surface area contributed by atoms with E-state index in [1.165, 1.54) is 96.3 Å². The Morgan fingerprint density at radius 2 is 0.741 bits per heavy atom. The summed E-state index contributed by atoms with van der Waals surface area (Å²) >= 11 is 0. The first-order valence-corrected chi connectivity index (χ1v) is 23.4. The second-order valence-corrected chi connectivity index (χ2v) is 16.3. The molecule has 0 aromatic carbocycles. The van der Waals surface area contributed by atoms with Gasteiger partial charge < -0.3 is 24.2 Å². The van der Waals surface area contributed by atoms with E-state index in [2.05, 4.69) is 20.8 Å². The lowest BCUT2D eigenvalue weighted by Crippen LogP contribution is -2.30. The molecule has 0 aliphatic rings. The van der Waals surface area contributed by atoms with Gasteiger partial charge >= 0.3 is 25.7 Å². The van der Waals surface area contributed by atoms with Crippen LogP contribution in [0.5, 0.6) is 0 Å². The molecule has 0 bridgehead atoms. The Hall–Kier alpha value is -1.52. The number of esters is 3. The van der Waals surface area contributed by atoms with Gasteiger partial charge in [-0.05, 0) is 19.3 Å². The molecule has 0 aliphatic carbocycles. The minimum absolute atomic E-state index is 0.175. The van der Waals surface area contributed by atoms with Crippen LogP contribution < -0.4 is 0 Å². The number of hydrogen-bond acceptors (Lipinski definition) is 10. The van der Waals surface area contributed by atoms with Crippen LogP contribution in [0, 0.1) is 0 Å². The Balaban J connectivity index is 4.73. The molecule has 3 unspecified atom stereocenters. The summed E-state index contributed by atoms with van der Waals surface area (Å²) in [6.45, 7) is 4.55. The minimum Gasteiger partial charge on any atom is -0.462 e. The van der Waals surface area contributed by atoms with Gasteiger partial charge in [0.1, 0.15) is 12.7 Å². The van der Waals surface area contributed by atoms with Crippen molar-refractivity contribution in [3.8, 4) is 0 Å². The van der Waals surface area contributed by atoms with Crippen LogP contribution >= 0.6 is 7.82 Å². The standard InChI is InChI=1S/C42H81O11P/c1-4-7-10-13-16-19-22-25-28-31-40(44)49-35-39(53-42(46)33-30-27-24-21-18-15-12-9-6-3)37-51-54(47,48)50-36-38(34-43)52-41(45)32-29-26-23-20-17-14-11-8-5-2/h38-39,43H,4-37H2,1-3H3,(H,47,48). The van der Waals surface area contributed by atoms with E-state index >= 15 is 0 Å². The number of aliphatic hydroxyl groups is 1. The number of carbonyl (C=O) groups excluding carboxylic acids is 3. The maximum atomic E-state index is 12.7. The number of carbonyl (C=O) groups is 3. The third kappa shape index (κ3) is 36.1. The van der Waals surface area contributed by atoms with Crippen LogP contribution in [0.1, 0.15) is 213 Å². The molecule has 0 heterocycles. The molecule has 54 heavy (non-hydrogen) atoms. The van der Waals surface area contributed by atoms with Crippen molar-refractivity contribution in [1.82, 2.24) is 0 Å². The van der Waals surface area contributed by atoms with E-state index in [0.29, 0.717) is 19.3 Å². The van der Waals surface area contributed by atoms with E-state index in [1.54, 1.807) is 0 Å². The fourth-order valence-electron chi connectivity index (χ4n) is 6.12. The number of phosphoric acid groups is 1. The molecule has 12 heteroatoms. The first kappa shape index (κ1) is 52.5. The Labute approximate surface area is 329 Å². The molecule has 0 aromatic rings. The van der Waals surface area contributed by atoms with Crippen molar-refractivity contribution >= 4 is 25.7 Å². The Bertz CT molecular complexity index is 932. The van der Waals surface area contributed by atoms with Crippen LogP contribution in [-0.4, -0.2) is 66.5 Å². The van der Waals surface area contributed by atoms with Crippen molar-refractivity contribution in [3.05, 3.63) is 0 Å². The first-order valence-electron chi connectivity index (χ1n) is 21.9. The van der Waals surface area contributed by atoms with Gasteiger partial charge in [-0.3, -0.25) is 23.4 Å². The highest BCUT2D eigenvalue weighted by molar-refractivity contribution is 7.47. The lowest BCUT2D eigenvalue weighted by atomic mass is 10.1. The molecule has 0 saturated heterocycles. The summed E-state index contributed by atoms with van der Waals surface area (Å²) < 4.78 is 39.0. The maximum Gasteiger partial charge on any atom is 0.472 e. The second kappa shape index (κ2) is 38.4. The molecule has 0 saturated carbocycles. The predicted molar refractivity (Wildman–Crippen MR) is 215 cm³/mol. The smallest absolute Gasteiger partial charge is 0.462 e. The summed E-state index contributed by atoms with van der Waals surface area (Å²) in [5.41, 5.74) is 0. The average Bonchev–Trinajstić information content (AvgIpc) is 3.15.